The van der Waals surface area contributed by atoms with Crippen LogP contribution >= 0.6 is 0 Å². The number of nitrogens with one attached hydrogen (secondary N) is 1. The summed E-state index contributed by atoms with van der Waals surface area (Å²) >= 11 is 0. The highest BCUT2D eigenvalue weighted by atomic mass is 19.4. The predicted molar refractivity (Wildman–Crippen MR) is 100 cm³/mol. The van der Waals surface area contributed by atoms with Gasteiger partial charge in [-0.1, -0.05) is 18.2 Å². The third-order valence-corrected chi connectivity index (χ3v) is 4.86. The topological polar surface area (TPSA) is 53.6 Å². The van der Waals surface area contributed by atoms with E-state index in [-0.39, 0.29) is 5.56 Å². The van der Waals surface area contributed by atoms with Crippen LogP contribution in [0.5, 0.6) is 0 Å². The first-order chi connectivity index (χ1) is 13.5. The predicted octanol–water partition coefficient (Wildman–Crippen LogP) is 5.18. The Kier molecular flexibility index (Phi) is 4.55. The fourth-order valence-electron chi connectivity index (χ4n) is 3.52. The fourth-order valence-corrected chi connectivity index (χ4v) is 3.52. The Morgan fingerprint density at radius 3 is 2.50 bits per heavy atom. The third-order valence-electron chi connectivity index (χ3n) is 4.86. The van der Waals surface area contributed by atoms with Gasteiger partial charge in [-0.2, -0.15) is 23.5 Å². The molecule has 1 aliphatic rings. The molecule has 1 aliphatic heterocycles. The molecule has 4 nitrogen and oxygen atoms in total. The summed E-state index contributed by atoms with van der Waals surface area (Å²) in [5, 5.41) is 16.9. The Morgan fingerprint density at radius 1 is 1.04 bits per heavy atom. The number of nitriles is 1. The zero-order valence-electron chi connectivity index (χ0n) is 14.9. The van der Waals surface area contributed by atoms with E-state index >= 15 is 0 Å². The molecular formula is C21H17F3N4. The standard InChI is InChI=1S/C21H17F3N4/c22-21(23,24)18-7-2-1-5-16(18)19-17-6-3-4-12-26-20(17)28(27-19)15-10-8-14(13-25)9-11-15/h1-2,5,7-11,26H,3-4,6,12H2. The highest BCUT2D eigenvalue weighted by molar-refractivity contribution is 5.74. The molecule has 1 aromatic heterocycles. The van der Waals surface area contributed by atoms with E-state index in [9.17, 15) is 13.2 Å². The summed E-state index contributed by atoms with van der Waals surface area (Å²) < 4.78 is 42.4. The largest absolute Gasteiger partial charge is 0.417 e. The minimum absolute atomic E-state index is 0.0855. The molecule has 2 heterocycles. The maximum absolute atomic E-state index is 13.6. The van der Waals surface area contributed by atoms with E-state index in [1.165, 1.54) is 12.1 Å². The maximum atomic E-state index is 13.6. The first kappa shape index (κ1) is 18.1. The molecule has 0 saturated carbocycles. The van der Waals surface area contributed by atoms with Gasteiger partial charge in [0.2, 0.25) is 0 Å². The van der Waals surface area contributed by atoms with E-state index in [1.54, 1.807) is 35.0 Å². The molecule has 0 atom stereocenters. The van der Waals surface area contributed by atoms with Crippen LogP contribution in [0.25, 0.3) is 16.9 Å². The van der Waals surface area contributed by atoms with E-state index in [1.807, 2.05) is 0 Å². The van der Waals surface area contributed by atoms with Gasteiger partial charge >= 0.3 is 6.18 Å². The van der Waals surface area contributed by atoms with Gasteiger partial charge in [-0.3, -0.25) is 0 Å². The molecule has 0 saturated heterocycles. The molecule has 7 heteroatoms. The van der Waals surface area contributed by atoms with Crippen molar-refractivity contribution in [2.24, 2.45) is 0 Å². The number of fused-ring (bicyclic) bond motifs is 1. The van der Waals surface area contributed by atoms with Crippen molar-refractivity contribution in [2.75, 3.05) is 11.9 Å². The molecule has 142 valence electrons. The summed E-state index contributed by atoms with van der Waals surface area (Å²) in [6.07, 6.45) is -2.00. The van der Waals surface area contributed by atoms with Gasteiger partial charge in [-0.25, -0.2) is 4.68 Å². The van der Waals surface area contributed by atoms with Crippen LogP contribution in [0.1, 0.15) is 29.5 Å². The van der Waals surface area contributed by atoms with Gasteiger partial charge in [0.15, 0.2) is 0 Å². The first-order valence-corrected chi connectivity index (χ1v) is 9.02. The van der Waals surface area contributed by atoms with Crippen LogP contribution in [0.4, 0.5) is 19.0 Å². The highest BCUT2D eigenvalue weighted by Gasteiger charge is 2.35. The SMILES string of the molecule is N#Cc1ccc(-n2nc(-c3ccccc3C(F)(F)F)c3c2NCCCC3)cc1. The van der Waals surface area contributed by atoms with Crippen LogP contribution in [0, 0.1) is 11.3 Å². The first-order valence-electron chi connectivity index (χ1n) is 9.02. The Labute approximate surface area is 160 Å². The number of hydrogen-bond acceptors (Lipinski definition) is 3. The number of benzene rings is 2. The van der Waals surface area contributed by atoms with Gasteiger partial charge in [-0.15, -0.1) is 0 Å². The number of nitrogens with zero attached hydrogens (tertiary/aromatic N) is 3. The maximum Gasteiger partial charge on any atom is 0.417 e. The second-order valence-corrected chi connectivity index (χ2v) is 6.67. The molecule has 4 rings (SSSR count). The summed E-state index contributed by atoms with van der Waals surface area (Å²) in [6.45, 7) is 0.731. The van der Waals surface area contributed by atoms with Crippen molar-refractivity contribution >= 4 is 5.82 Å². The minimum Gasteiger partial charge on any atom is -0.370 e. The van der Waals surface area contributed by atoms with E-state index in [2.05, 4.69) is 16.5 Å². The second kappa shape index (κ2) is 7.04. The van der Waals surface area contributed by atoms with Crippen LogP contribution in [0.15, 0.2) is 48.5 Å². The van der Waals surface area contributed by atoms with Crippen molar-refractivity contribution in [3.63, 3.8) is 0 Å². The number of anilines is 1. The van der Waals surface area contributed by atoms with E-state index in [4.69, 9.17) is 5.26 Å². The number of rotatable bonds is 2. The zero-order valence-corrected chi connectivity index (χ0v) is 14.9. The number of hydrogen-bond donors (Lipinski definition) is 1. The highest BCUT2D eigenvalue weighted by Crippen LogP contribution is 2.40. The lowest BCUT2D eigenvalue weighted by Gasteiger charge is -2.12. The van der Waals surface area contributed by atoms with E-state index in [0.717, 1.165) is 31.0 Å². The molecule has 0 unspecified atom stereocenters. The van der Waals surface area contributed by atoms with Gasteiger partial charge in [0.1, 0.15) is 5.82 Å². The van der Waals surface area contributed by atoms with Crippen LogP contribution in [0.2, 0.25) is 0 Å². The summed E-state index contributed by atoms with van der Waals surface area (Å²) in [7, 11) is 0. The molecule has 0 radical (unpaired) electrons. The van der Waals surface area contributed by atoms with Gasteiger partial charge in [-0.05, 0) is 49.6 Å². The van der Waals surface area contributed by atoms with Crippen LogP contribution < -0.4 is 5.32 Å². The summed E-state index contributed by atoms with van der Waals surface area (Å²) in [6, 6.07) is 14.4. The van der Waals surface area contributed by atoms with Crippen molar-refractivity contribution < 1.29 is 13.2 Å². The van der Waals surface area contributed by atoms with Crippen molar-refractivity contribution in [2.45, 2.75) is 25.4 Å². The molecule has 1 N–H and O–H groups in total. The molecule has 0 amide bonds. The molecule has 3 aromatic rings. The molecular weight excluding hydrogens is 365 g/mol. The molecule has 2 aromatic carbocycles. The van der Waals surface area contributed by atoms with Crippen molar-refractivity contribution in [3.05, 3.63) is 65.2 Å². The minimum atomic E-state index is -4.46. The zero-order chi connectivity index (χ0) is 19.7. The number of aromatic nitrogens is 2. The summed E-state index contributed by atoms with van der Waals surface area (Å²) in [5.74, 6) is 0.717. The Balaban J connectivity index is 1.93. The van der Waals surface area contributed by atoms with E-state index < -0.39 is 11.7 Å². The van der Waals surface area contributed by atoms with Gasteiger partial charge in [0.25, 0.3) is 0 Å². The van der Waals surface area contributed by atoms with Crippen LogP contribution in [0.3, 0.4) is 0 Å². The monoisotopic (exact) mass is 382 g/mol. The lowest BCUT2D eigenvalue weighted by atomic mass is 9.99. The molecule has 0 fully saturated rings. The number of alkyl halides is 3. The Bertz CT molecular complexity index is 1040. The van der Waals surface area contributed by atoms with Crippen LogP contribution in [-0.2, 0) is 12.6 Å². The summed E-state index contributed by atoms with van der Waals surface area (Å²) in [4.78, 5) is 0. The van der Waals surface area contributed by atoms with Crippen molar-refractivity contribution in [3.8, 4) is 23.0 Å². The number of halogens is 3. The Morgan fingerprint density at radius 2 is 1.79 bits per heavy atom. The molecule has 0 aliphatic carbocycles. The van der Waals surface area contributed by atoms with Crippen molar-refractivity contribution in [1.29, 1.82) is 5.26 Å². The van der Waals surface area contributed by atoms with Gasteiger partial charge in [0.05, 0.1) is 28.6 Å². The third kappa shape index (κ3) is 3.22. The molecule has 0 spiro atoms. The lowest BCUT2D eigenvalue weighted by molar-refractivity contribution is -0.137. The van der Waals surface area contributed by atoms with Crippen LogP contribution in [-0.4, -0.2) is 16.3 Å². The van der Waals surface area contributed by atoms with Gasteiger partial charge < -0.3 is 5.32 Å². The average molecular weight is 382 g/mol. The van der Waals surface area contributed by atoms with Gasteiger partial charge in [0, 0.05) is 17.7 Å². The molecule has 0 bridgehead atoms. The molecule has 28 heavy (non-hydrogen) atoms. The fraction of sp³-hybridized carbons (Fsp3) is 0.238. The quantitative estimate of drug-likeness (QED) is 0.665. The second-order valence-electron chi connectivity index (χ2n) is 6.67. The lowest BCUT2D eigenvalue weighted by Crippen LogP contribution is -2.08. The smallest absolute Gasteiger partial charge is 0.370 e. The summed E-state index contributed by atoms with van der Waals surface area (Å²) in [5.41, 5.74) is 1.74. The van der Waals surface area contributed by atoms with E-state index in [0.29, 0.717) is 29.2 Å². The van der Waals surface area contributed by atoms with Crippen molar-refractivity contribution in [1.82, 2.24) is 9.78 Å². The Hall–Kier alpha value is -3.27. The average Bonchev–Trinajstić information content (AvgIpc) is 2.88. The normalized spacial score (nSPS) is 13.9.